The molecule has 0 spiro atoms. The lowest BCUT2D eigenvalue weighted by atomic mass is 9.99. The fourth-order valence-electron chi connectivity index (χ4n) is 2.05. The molecule has 0 saturated carbocycles. The summed E-state index contributed by atoms with van der Waals surface area (Å²) in [6.45, 7) is 4.02. The van der Waals surface area contributed by atoms with Crippen LogP contribution in [0.3, 0.4) is 0 Å². The summed E-state index contributed by atoms with van der Waals surface area (Å²) in [6, 6.07) is 9.24. The Kier molecular flexibility index (Phi) is 3.81. The number of phenols is 1. The number of hydrogen-bond acceptors (Lipinski definition) is 2. The molecule has 2 nitrogen and oxygen atoms in total. The Labute approximate surface area is 112 Å². The van der Waals surface area contributed by atoms with Crippen molar-refractivity contribution in [1.29, 1.82) is 0 Å². The van der Waals surface area contributed by atoms with Crippen LogP contribution < -0.4 is 0 Å². The van der Waals surface area contributed by atoms with E-state index in [1.807, 2.05) is 56.3 Å². The van der Waals surface area contributed by atoms with Gasteiger partial charge in [0, 0.05) is 0 Å². The first-order chi connectivity index (χ1) is 9.17. The molecule has 96 valence electrons. The second-order valence-corrected chi connectivity index (χ2v) is 4.43. The van der Waals surface area contributed by atoms with E-state index in [0.29, 0.717) is 11.8 Å². The molecule has 2 rings (SSSR count). The molecule has 0 aliphatic carbocycles. The smallest absolute Gasteiger partial charge is 0.154 e. The van der Waals surface area contributed by atoms with Crippen LogP contribution in [0.1, 0.15) is 29.8 Å². The summed E-state index contributed by atoms with van der Waals surface area (Å²) in [5.41, 5.74) is 2.60. The number of phenolic OH excluding ortho intramolecular Hbond substituents is 1. The maximum atomic E-state index is 11.0. The molecule has 0 aliphatic heterocycles. The Morgan fingerprint density at radius 2 is 2.00 bits per heavy atom. The van der Waals surface area contributed by atoms with Gasteiger partial charge in [0.1, 0.15) is 5.75 Å². The zero-order valence-corrected chi connectivity index (χ0v) is 11.1. The van der Waals surface area contributed by atoms with E-state index in [4.69, 9.17) is 0 Å². The van der Waals surface area contributed by atoms with Crippen molar-refractivity contribution in [3.63, 3.8) is 0 Å². The van der Waals surface area contributed by atoms with Crippen molar-refractivity contribution < 1.29 is 9.90 Å². The molecule has 1 N–H and O–H groups in total. The van der Waals surface area contributed by atoms with Crippen LogP contribution in [-0.2, 0) is 0 Å². The van der Waals surface area contributed by atoms with Crippen LogP contribution in [-0.4, -0.2) is 11.4 Å². The summed E-state index contributed by atoms with van der Waals surface area (Å²) in [5.74, 6) is 0.0245. The van der Waals surface area contributed by atoms with Crippen LogP contribution >= 0.6 is 0 Å². The van der Waals surface area contributed by atoms with Gasteiger partial charge in [0.2, 0.25) is 0 Å². The lowest BCUT2D eigenvalue weighted by Crippen LogP contribution is -1.87. The van der Waals surface area contributed by atoms with Gasteiger partial charge >= 0.3 is 0 Å². The Hall–Kier alpha value is -2.35. The highest BCUT2D eigenvalue weighted by Gasteiger charge is 2.06. The minimum Gasteiger partial charge on any atom is -0.507 e. The number of fused-ring (bicyclic) bond motifs is 1. The zero-order chi connectivity index (χ0) is 13.8. The average molecular weight is 252 g/mol. The monoisotopic (exact) mass is 252 g/mol. The van der Waals surface area contributed by atoms with Gasteiger partial charge in [0.25, 0.3) is 0 Å². The molecule has 2 heteroatoms. The van der Waals surface area contributed by atoms with Gasteiger partial charge in [-0.3, -0.25) is 4.79 Å². The van der Waals surface area contributed by atoms with E-state index in [-0.39, 0.29) is 5.75 Å². The Morgan fingerprint density at radius 3 is 2.68 bits per heavy atom. The number of aldehydes is 1. The maximum Gasteiger partial charge on any atom is 0.154 e. The minimum absolute atomic E-state index is 0.0245. The van der Waals surface area contributed by atoms with Crippen molar-refractivity contribution in [1.82, 2.24) is 0 Å². The van der Waals surface area contributed by atoms with E-state index in [1.165, 1.54) is 0 Å². The van der Waals surface area contributed by atoms with Crippen molar-refractivity contribution in [2.24, 2.45) is 0 Å². The van der Waals surface area contributed by atoms with Gasteiger partial charge in [-0.2, -0.15) is 0 Å². The number of aromatic hydroxyl groups is 1. The number of carbonyl (C=O) groups excluding carboxylic acids is 1. The van der Waals surface area contributed by atoms with Gasteiger partial charge in [-0.1, -0.05) is 36.4 Å². The van der Waals surface area contributed by atoms with E-state index in [0.717, 1.165) is 21.9 Å². The molecule has 0 aliphatic rings. The van der Waals surface area contributed by atoms with Gasteiger partial charge in [-0.25, -0.2) is 0 Å². The van der Waals surface area contributed by atoms with Crippen molar-refractivity contribution in [3.05, 3.63) is 59.7 Å². The second-order valence-electron chi connectivity index (χ2n) is 4.43. The fraction of sp³-hybridized carbons (Fsp3) is 0.118. The molecule has 0 atom stereocenters. The molecular formula is C17H16O2. The summed E-state index contributed by atoms with van der Waals surface area (Å²) in [5, 5.41) is 11.4. The summed E-state index contributed by atoms with van der Waals surface area (Å²) in [4.78, 5) is 11.0. The normalized spacial score (nSPS) is 12.2. The van der Waals surface area contributed by atoms with E-state index < -0.39 is 0 Å². The molecular weight excluding hydrogens is 236 g/mol. The largest absolute Gasteiger partial charge is 0.507 e. The van der Waals surface area contributed by atoms with Crippen LogP contribution in [0.15, 0.2) is 48.6 Å². The predicted molar refractivity (Wildman–Crippen MR) is 79.5 cm³/mol. The standard InChI is InChI=1S/C17H16O2/c1-3-4-5-12(2)13-6-8-15-14(10-13)7-9-17(19)16(15)11-18/h3-11,19H,1-2H3/b4-3-,12-5+. The third-order valence-corrected chi connectivity index (χ3v) is 3.15. The van der Waals surface area contributed by atoms with Crippen LogP contribution in [0.2, 0.25) is 0 Å². The molecule has 0 heterocycles. The van der Waals surface area contributed by atoms with Gasteiger partial charge in [0.05, 0.1) is 5.56 Å². The molecule has 2 aromatic carbocycles. The van der Waals surface area contributed by atoms with E-state index >= 15 is 0 Å². The number of carbonyl (C=O) groups is 1. The topological polar surface area (TPSA) is 37.3 Å². The molecule has 0 unspecified atom stereocenters. The number of benzene rings is 2. The number of allylic oxidation sites excluding steroid dienone is 4. The van der Waals surface area contributed by atoms with Gasteiger partial charge < -0.3 is 5.11 Å². The summed E-state index contributed by atoms with van der Waals surface area (Å²) in [7, 11) is 0. The molecule has 0 bridgehead atoms. The van der Waals surface area contributed by atoms with Gasteiger partial charge in [-0.15, -0.1) is 0 Å². The van der Waals surface area contributed by atoms with E-state index in [2.05, 4.69) is 0 Å². The predicted octanol–water partition coefficient (Wildman–Crippen LogP) is 4.34. The third kappa shape index (κ3) is 2.58. The molecule has 0 fully saturated rings. The molecule has 0 saturated heterocycles. The molecule has 19 heavy (non-hydrogen) atoms. The van der Waals surface area contributed by atoms with Crippen molar-refractivity contribution in [2.45, 2.75) is 13.8 Å². The third-order valence-electron chi connectivity index (χ3n) is 3.15. The van der Waals surface area contributed by atoms with Gasteiger partial charge in [-0.05, 0) is 47.9 Å². The van der Waals surface area contributed by atoms with Crippen molar-refractivity contribution in [2.75, 3.05) is 0 Å². The van der Waals surface area contributed by atoms with Crippen LogP contribution in [0, 0.1) is 0 Å². The SMILES string of the molecule is C/C=C\C=C(/C)c1ccc2c(C=O)c(O)ccc2c1. The lowest BCUT2D eigenvalue weighted by Gasteiger charge is -2.07. The second kappa shape index (κ2) is 5.53. The minimum atomic E-state index is 0.0245. The zero-order valence-electron chi connectivity index (χ0n) is 11.1. The number of hydrogen-bond donors (Lipinski definition) is 1. The highest BCUT2D eigenvalue weighted by molar-refractivity contribution is 6.01. The molecule has 0 aromatic heterocycles. The quantitative estimate of drug-likeness (QED) is 0.651. The summed E-state index contributed by atoms with van der Waals surface area (Å²) in [6.07, 6.45) is 6.71. The highest BCUT2D eigenvalue weighted by Crippen LogP contribution is 2.28. The lowest BCUT2D eigenvalue weighted by molar-refractivity contribution is 0.112. The Bertz CT molecular complexity index is 679. The summed E-state index contributed by atoms with van der Waals surface area (Å²) < 4.78 is 0. The van der Waals surface area contributed by atoms with E-state index in [1.54, 1.807) is 6.07 Å². The maximum absolute atomic E-state index is 11.0. The molecule has 0 radical (unpaired) electrons. The van der Waals surface area contributed by atoms with Crippen LogP contribution in [0.25, 0.3) is 16.3 Å². The van der Waals surface area contributed by atoms with Crippen LogP contribution in [0.4, 0.5) is 0 Å². The number of rotatable bonds is 3. The van der Waals surface area contributed by atoms with Crippen LogP contribution in [0.5, 0.6) is 5.75 Å². The molecule has 0 amide bonds. The first kappa shape index (κ1) is 13.1. The Morgan fingerprint density at radius 1 is 1.21 bits per heavy atom. The first-order valence-corrected chi connectivity index (χ1v) is 6.18. The van der Waals surface area contributed by atoms with Crippen molar-refractivity contribution >= 4 is 22.6 Å². The van der Waals surface area contributed by atoms with Crippen molar-refractivity contribution in [3.8, 4) is 5.75 Å². The first-order valence-electron chi connectivity index (χ1n) is 6.18. The summed E-state index contributed by atoms with van der Waals surface area (Å²) >= 11 is 0. The fourth-order valence-corrected chi connectivity index (χ4v) is 2.05. The van der Waals surface area contributed by atoms with Gasteiger partial charge in [0.15, 0.2) is 6.29 Å². The Balaban J connectivity index is 2.59. The molecule has 2 aromatic rings. The van der Waals surface area contributed by atoms with E-state index in [9.17, 15) is 9.90 Å². The highest BCUT2D eigenvalue weighted by atomic mass is 16.3. The average Bonchev–Trinajstić information content (AvgIpc) is 2.44.